The third-order valence-corrected chi connectivity index (χ3v) is 3.68. The fraction of sp³-hybridized carbons (Fsp3) is 0.727. The predicted octanol–water partition coefficient (Wildman–Crippen LogP) is 0.354. The van der Waals surface area contributed by atoms with E-state index in [9.17, 15) is 15.0 Å². The van der Waals surface area contributed by atoms with Crippen LogP contribution in [0.4, 0.5) is 0 Å². The van der Waals surface area contributed by atoms with Gasteiger partial charge in [-0.15, -0.1) is 5.10 Å². The van der Waals surface area contributed by atoms with Gasteiger partial charge in [-0.05, 0) is 24.4 Å². The van der Waals surface area contributed by atoms with E-state index in [0.29, 0.717) is 23.4 Å². The van der Waals surface area contributed by atoms with Crippen molar-refractivity contribution >= 4 is 17.4 Å². The molecule has 0 bridgehead atoms. The van der Waals surface area contributed by atoms with Gasteiger partial charge in [0.15, 0.2) is 0 Å². The Morgan fingerprint density at radius 2 is 2.06 bits per heavy atom. The Kier molecular flexibility index (Phi) is 5.64. The van der Waals surface area contributed by atoms with E-state index in [1.54, 1.807) is 6.92 Å². The SMILES string of the molecule is CCCc1nnsc1C(=O)NC(CC)(CO)CO. The maximum atomic E-state index is 12.1. The van der Waals surface area contributed by atoms with Crippen molar-refractivity contribution in [3.8, 4) is 0 Å². The summed E-state index contributed by atoms with van der Waals surface area (Å²) < 4.78 is 3.78. The number of carbonyl (C=O) groups is 1. The van der Waals surface area contributed by atoms with E-state index in [0.717, 1.165) is 18.0 Å². The average molecular weight is 273 g/mol. The third kappa shape index (κ3) is 3.24. The first-order valence-electron chi connectivity index (χ1n) is 5.98. The van der Waals surface area contributed by atoms with Crippen LogP contribution in [-0.2, 0) is 6.42 Å². The van der Waals surface area contributed by atoms with Crippen molar-refractivity contribution in [1.82, 2.24) is 14.9 Å². The van der Waals surface area contributed by atoms with Gasteiger partial charge in [-0.1, -0.05) is 24.8 Å². The quantitative estimate of drug-likeness (QED) is 0.666. The molecule has 0 radical (unpaired) electrons. The van der Waals surface area contributed by atoms with Crippen LogP contribution >= 0.6 is 11.5 Å². The first kappa shape index (κ1) is 15.0. The molecule has 6 nitrogen and oxygen atoms in total. The summed E-state index contributed by atoms with van der Waals surface area (Å²) >= 11 is 1.03. The standard InChI is InChI=1S/C11H19N3O3S/c1-3-5-8-9(18-14-13-8)10(17)12-11(4-2,6-15)7-16/h15-16H,3-7H2,1-2H3,(H,12,17). The van der Waals surface area contributed by atoms with Crippen LogP contribution in [0.3, 0.4) is 0 Å². The van der Waals surface area contributed by atoms with Crippen molar-refractivity contribution in [3.63, 3.8) is 0 Å². The molecule has 0 unspecified atom stereocenters. The first-order valence-corrected chi connectivity index (χ1v) is 6.75. The molecule has 102 valence electrons. The van der Waals surface area contributed by atoms with Crippen LogP contribution in [-0.4, -0.2) is 44.5 Å². The van der Waals surface area contributed by atoms with Crippen molar-refractivity contribution in [3.05, 3.63) is 10.6 Å². The number of nitrogens with one attached hydrogen (secondary N) is 1. The van der Waals surface area contributed by atoms with Crippen LogP contribution in [0.25, 0.3) is 0 Å². The summed E-state index contributed by atoms with van der Waals surface area (Å²) in [5.41, 5.74) is -0.314. The molecule has 1 rings (SSSR count). The van der Waals surface area contributed by atoms with Gasteiger partial charge in [0, 0.05) is 0 Å². The molecule has 7 heteroatoms. The third-order valence-electron chi connectivity index (χ3n) is 2.91. The second-order valence-electron chi connectivity index (χ2n) is 4.20. The van der Waals surface area contributed by atoms with Crippen LogP contribution in [0.15, 0.2) is 0 Å². The number of nitrogens with zero attached hydrogens (tertiary/aromatic N) is 2. The summed E-state index contributed by atoms with van der Waals surface area (Å²) in [5, 5.41) is 25.2. The maximum Gasteiger partial charge on any atom is 0.265 e. The normalized spacial score (nSPS) is 11.6. The highest BCUT2D eigenvalue weighted by Crippen LogP contribution is 2.15. The number of aromatic nitrogens is 2. The Balaban J connectivity index is 2.84. The molecule has 0 aliphatic carbocycles. The Bertz CT molecular complexity index is 382. The number of aryl methyl sites for hydroxylation is 1. The van der Waals surface area contributed by atoms with Gasteiger partial charge in [0.1, 0.15) is 4.88 Å². The van der Waals surface area contributed by atoms with Gasteiger partial charge >= 0.3 is 0 Å². The summed E-state index contributed by atoms with van der Waals surface area (Å²) in [5.74, 6) is -0.335. The molecule has 3 N–H and O–H groups in total. The van der Waals surface area contributed by atoms with Crippen molar-refractivity contribution in [2.75, 3.05) is 13.2 Å². The molecule has 1 amide bonds. The molecule has 0 saturated carbocycles. The van der Waals surface area contributed by atoms with E-state index in [-0.39, 0.29) is 19.1 Å². The van der Waals surface area contributed by atoms with E-state index in [2.05, 4.69) is 14.9 Å². The Morgan fingerprint density at radius 1 is 1.39 bits per heavy atom. The van der Waals surface area contributed by atoms with Gasteiger partial charge in [-0.25, -0.2) is 0 Å². The molecule has 0 spiro atoms. The lowest BCUT2D eigenvalue weighted by Crippen LogP contribution is -2.53. The zero-order chi connectivity index (χ0) is 13.6. The van der Waals surface area contributed by atoms with E-state index < -0.39 is 5.54 Å². The lowest BCUT2D eigenvalue weighted by atomic mass is 9.98. The average Bonchev–Trinajstić information content (AvgIpc) is 2.85. The predicted molar refractivity (Wildman–Crippen MR) is 68.6 cm³/mol. The Labute approximate surface area is 110 Å². The van der Waals surface area contributed by atoms with Crippen molar-refractivity contribution in [2.45, 2.75) is 38.6 Å². The minimum Gasteiger partial charge on any atom is -0.394 e. The van der Waals surface area contributed by atoms with E-state index >= 15 is 0 Å². The van der Waals surface area contributed by atoms with Gasteiger partial charge < -0.3 is 15.5 Å². The summed E-state index contributed by atoms with van der Waals surface area (Å²) in [4.78, 5) is 12.5. The number of hydrogen-bond acceptors (Lipinski definition) is 6. The van der Waals surface area contributed by atoms with Gasteiger partial charge in [-0.2, -0.15) is 0 Å². The number of hydrogen-bond donors (Lipinski definition) is 3. The first-order chi connectivity index (χ1) is 8.62. The topological polar surface area (TPSA) is 95.3 Å². The Hall–Kier alpha value is -1.05. The highest BCUT2D eigenvalue weighted by Gasteiger charge is 2.30. The smallest absolute Gasteiger partial charge is 0.265 e. The molecule has 0 aliphatic heterocycles. The summed E-state index contributed by atoms with van der Waals surface area (Å²) in [7, 11) is 0. The van der Waals surface area contributed by atoms with E-state index in [4.69, 9.17) is 0 Å². The number of aliphatic hydroxyl groups is 2. The highest BCUT2D eigenvalue weighted by atomic mass is 32.1. The molecule has 1 aromatic rings. The minimum absolute atomic E-state index is 0.304. The van der Waals surface area contributed by atoms with Crippen LogP contribution < -0.4 is 5.32 Å². The molecule has 18 heavy (non-hydrogen) atoms. The zero-order valence-electron chi connectivity index (χ0n) is 10.6. The number of rotatable bonds is 7. The van der Waals surface area contributed by atoms with Crippen LogP contribution in [0, 0.1) is 0 Å². The van der Waals surface area contributed by atoms with Crippen molar-refractivity contribution < 1.29 is 15.0 Å². The molecule has 0 aromatic carbocycles. The molecule has 1 aromatic heterocycles. The van der Waals surface area contributed by atoms with Gasteiger partial charge in [-0.3, -0.25) is 4.79 Å². The fourth-order valence-electron chi connectivity index (χ4n) is 1.52. The monoisotopic (exact) mass is 273 g/mol. The minimum atomic E-state index is -0.982. The molecule has 0 atom stereocenters. The molecule has 1 heterocycles. The largest absolute Gasteiger partial charge is 0.394 e. The fourth-order valence-corrected chi connectivity index (χ4v) is 2.12. The summed E-state index contributed by atoms with van der Waals surface area (Å²) in [6.07, 6.45) is 2.02. The van der Waals surface area contributed by atoms with E-state index in [1.807, 2.05) is 6.92 Å². The summed E-state index contributed by atoms with van der Waals surface area (Å²) in [6.45, 7) is 3.19. The lowest BCUT2D eigenvalue weighted by molar-refractivity contribution is 0.0655. The van der Waals surface area contributed by atoms with Crippen molar-refractivity contribution in [1.29, 1.82) is 0 Å². The number of carbonyl (C=O) groups excluding carboxylic acids is 1. The molecule has 0 saturated heterocycles. The van der Waals surface area contributed by atoms with Crippen LogP contribution in [0.1, 0.15) is 42.1 Å². The van der Waals surface area contributed by atoms with Gasteiger partial charge in [0.25, 0.3) is 5.91 Å². The lowest BCUT2D eigenvalue weighted by Gasteiger charge is -2.29. The number of aliphatic hydroxyl groups excluding tert-OH is 2. The second-order valence-corrected chi connectivity index (χ2v) is 4.96. The van der Waals surface area contributed by atoms with E-state index in [1.165, 1.54) is 0 Å². The zero-order valence-corrected chi connectivity index (χ0v) is 11.5. The maximum absolute atomic E-state index is 12.1. The highest BCUT2D eigenvalue weighted by molar-refractivity contribution is 7.08. The summed E-state index contributed by atoms with van der Waals surface area (Å²) in [6, 6.07) is 0. The van der Waals surface area contributed by atoms with Crippen LogP contribution in [0.2, 0.25) is 0 Å². The molecular formula is C11H19N3O3S. The van der Waals surface area contributed by atoms with Gasteiger partial charge in [0.2, 0.25) is 0 Å². The Morgan fingerprint density at radius 3 is 2.56 bits per heavy atom. The number of amides is 1. The van der Waals surface area contributed by atoms with Gasteiger partial charge in [0.05, 0.1) is 24.4 Å². The van der Waals surface area contributed by atoms with Crippen LogP contribution in [0.5, 0.6) is 0 Å². The molecular weight excluding hydrogens is 254 g/mol. The van der Waals surface area contributed by atoms with Crippen molar-refractivity contribution in [2.24, 2.45) is 0 Å². The molecule has 0 fully saturated rings. The second kappa shape index (κ2) is 6.77. The molecule has 0 aliphatic rings.